The Balaban J connectivity index is 1.28. The normalized spacial score (nSPS) is 35.0. The van der Waals surface area contributed by atoms with Crippen LogP contribution in [0.3, 0.4) is 0 Å². The van der Waals surface area contributed by atoms with E-state index in [-0.39, 0.29) is 5.54 Å². The highest BCUT2D eigenvalue weighted by molar-refractivity contribution is 7.15. The molecule has 0 aliphatic heterocycles. The molecule has 2 aromatic rings. The minimum absolute atomic E-state index is 0.145. The minimum atomic E-state index is -0.405. The molecule has 4 saturated carbocycles. The standard InChI is InChI=1S/C20H25N3O2S/c1-25-18-21-9-15(10-22-18)17-3-2-16(26-17)11-23-19-5-13-4-14(6-19)8-20(24,7-13)12-19/h2-3,9-10,13-14,23-24H,4-8,11-12H2,1H3. The summed E-state index contributed by atoms with van der Waals surface area (Å²) in [5.41, 5.74) is 0.760. The van der Waals surface area contributed by atoms with Crippen LogP contribution >= 0.6 is 11.3 Å². The van der Waals surface area contributed by atoms with Gasteiger partial charge in [-0.3, -0.25) is 0 Å². The van der Waals surface area contributed by atoms with Crippen molar-refractivity contribution in [3.05, 3.63) is 29.4 Å². The van der Waals surface area contributed by atoms with Crippen molar-refractivity contribution in [2.45, 2.75) is 56.2 Å². The van der Waals surface area contributed by atoms with Crippen molar-refractivity contribution in [2.24, 2.45) is 11.8 Å². The molecule has 0 aromatic carbocycles. The molecule has 138 valence electrons. The summed E-state index contributed by atoms with van der Waals surface area (Å²) < 4.78 is 5.02. The molecule has 4 aliphatic carbocycles. The molecule has 2 atom stereocenters. The fourth-order valence-corrected chi connectivity index (χ4v) is 6.79. The number of aliphatic hydroxyl groups is 1. The molecule has 2 N–H and O–H groups in total. The monoisotopic (exact) mass is 371 g/mol. The summed E-state index contributed by atoms with van der Waals surface area (Å²) in [6.45, 7) is 0.872. The maximum absolute atomic E-state index is 10.9. The van der Waals surface area contributed by atoms with Gasteiger partial charge in [-0.1, -0.05) is 0 Å². The van der Waals surface area contributed by atoms with Gasteiger partial charge in [0, 0.05) is 39.8 Å². The van der Waals surface area contributed by atoms with Crippen LogP contribution in [0, 0.1) is 11.8 Å². The Morgan fingerprint density at radius 3 is 2.58 bits per heavy atom. The van der Waals surface area contributed by atoms with Crippen molar-refractivity contribution in [2.75, 3.05) is 7.11 Å². The highest BCUT2D eigenvalue weighted by Crippen LogP contribution is 2.57. The topological polar surface area (TPSA) is 67.3 Å². The fourth-order valence-electron chi connectivity index (χ4n) is 5.87. The summed E-state index contributed by atoms with van der Waals surface area (Å²) in [4.78, 5) is 10.9. The molecular formula is C20H25N3O2S. The van der Waals surface area contributed by atoms with E-state index >= 15 is 0 Å². The quantitative estimate of drug-likeness (QED) is 0.843. The first-order valence-corrected chi connectivity index (χ1v) is 10.3. The smallest absolute Gasteiger partial charge is 0.316 e. The molecular weight excluding hydrogens is 346 g/mol. The van der Waals surface area contributed by atoms with Gasteiger partial charge in [0.05, 0.1) is 12.7 Å². The average molecular weight is 372 g/mol. The number of ether oxygens (including phenoxy) is 1. The third-order valence-electron chi connectivity index (χ3n) is 6.42. The van der Waals surface area contributed by atoms with Crippen LogP contribution in [0.15, 0.2) is 24.5 Å². The van der Waals surface area contributed by atoms with Crippen LogP contribution in [0.2, 0.25) is 0 Å². The average Bonchev–Trinajstić information content (AvgIpc) is 3.07. The van der Waals surface area contributed by atoms with Crippen LogP contribution in [-0.4, -0.2) is 33.3 Å². The number of nitrogens with zero attached hydrogens (tertiary/aromatic N) is 2. The number of rotatable bonds is 5. The molecule has 5 nitrogen and oxygen atoms in total. The number of hydrogen-bond acceptors (Lipinski definition) is 6. The van der Waals surface area contributed by atoms with Crippen LogP contribution in [0.1, 0.15) is 43.4 Å². The molecule has 6 heteroatoms. The largest absolute Gasteiger partial charge is 0.467 e. The van der Waals surface area contributed by atoms with Crippen LogP contribution in [0.4, 0.5) is 0 Å². The maximum Gasteiger partial charge on any atom is 0.316 e. The third-order valence-corrected chi connectivity index (χ3v) is 7.56. The predicted octanol–water partition coefficient (Wildman–Crippen LogP) is 3.39. The number of nitrogens with one attached hydrogen (secondary N) is 1. The lowest BCUT2D eigenvalue weighted by Gasteiger charge is -2.60. The maximum atomic E-state index is 10.9. The van der Waals surface area contributed by atoms with Crippen LogP contribution in [-0.2, 0) is 6.54 Å². The Labute approximate surface area is 157 Å². The van der Waals surface area contributed by atoms with Crippen molar-refractivity contribution in [1.82, 2.24) is 15.3 Å². The Kier molecular flexibility index (Phi) is 3.85. The van der Waals surface area contributed by atoms with Crippen LogP contribution in [0.25, 0.3) is 10.4 Å². The van der Waals surface area contributed by atoms with Gasteiger partial charge in [0.2, 0.25) is 0 Å². The second-order valence-corrected chi connectivity index (χ2v) is 9.71. The first-order valence-electron chi connectivity index (χ1n) is 9.47. The molecule has 4 bridgehead atoms. The summed E-state index contributed by atoms with van der Waals surface area (Å²) in [6, 6.07) is 4.72. The molecule has 26 heavy (non-hydrogen) atoms. The summed E-state index contributed by atoms with van der Waals surface area (Å²) in [5.74, 6) is 1.42. The molecule has 2 unspecified atom stereocenters. The molecule has 6 rings (SSSR count). The van der Waals surface area contributed by atoms with Gasteiger partial charge in [0.15, 0.2) is 0 Å². The Hall–Kier alpha value is -1.50. The number of hydrogen-bond donors (Lipinski definition) is 2. The van der Waals surface area contributed by atoms with E-state index in [1.807, 2.05) is 12.4 Å². The minimum Gasteiger partial charge on any atom is -0.467 e. The third kappa shape index (κ3) is 2.94. The van der Waals surface area contributed by atoms with E-state index in [1.54, 1.807) is 18.4 Å². The summed E-state index contributed by atoms with van der Waals surface area (Å²) >= 11 is 1.78. The van der Waals surface area contributed by atoms with Crippen molar-refractivity contribution in [3.63, 3.8) is 0 Å². The molecule has 2 heterocycles. The van der Waals surface area contributed by atoms with Crippen molar-refractivity contribution < 1.29 is 9.84 Å². The lowest BCUT2D eigenvalue weighted by Crippen LogP contribution is -2.64. The summed E-state index contributed by atoms with van der Waals surface area (Å²) in [7, 11) is 1.57. The Morgan fingerprint density at radius 2 is 1.92 bits per heavy atom. The zero-order valence-electron chi connectivity index (χ0n) is 15.1. The van der Waals surface area contributed by atoms with Crippen molar-refractivity contribution in [1.29, 1.82) is 0 Å². The zero-order chi connectivity index (χ0) is 17.8. The van der Waals surface area contributed by atoms with E-state index in [9.17, 15) is 5.11 Å². The van der Waals surface area contributed by atoms with Crippen molar-refractivity contribution in [3.8, 4) is 16.5 Å². The molecule has 4 aliphatic rings. The SMILES string of the molecule is COc1ncc(-c2ccc(CNC34CC5CC(CC(O)(C5)C3)C4)s2)cn1. The Bertz CT molecular complexity index is 790. The van der Waals surface area contributed by atoms with Gasteiger partial charge < -0.3 is 15.2 Å². The van der Waals surface area contributed by atoms with E-state index in [2.05, 4.69) is 27.4 Å². The molecule has 0 saturated heterocycles. The number of aromatic nitrogens is 2. The molecule has 0 amide bonds. The van der Waals surface area contributed by atoms with Gasteiger partial charge in [-0.25, -0.2) is 9.97 Å². The highest BCUT2D eigenvalue weighted by Gasteiger charge is 2.56. The molecule has 0 radical (unpaired) electrons. The van der Waals surface area contributed by atoms with Gasteiger partial charge in [-0.15, -0.1) is 11.3 Å². The van der Waals surface area contributed by atoms with Gasteiger partial charge in [0.1, 0.15) is 0 Å². The van der Waals surface area contributed by atoms with Crippen LogP contribution in [0.5, 0.6) is 6.01 Å². The van der Waals surface area contributed by atoms with E-state index < -0.39 is 5.60 Å². The number of methoxy groups -OCH3 is 1. The first-order chi connectivity index (χ1) is 12.5. The highest BCUT2D eigenvalue weighted by atomic mass is 32.1. The van der Waals surface area contributed by atoms with Gasteiger partial charge in [-0.05, 0) is 62.5 Å². The lowest BCUT2D eigenvalue weighted by molar-refractivity contribution is -0.142. The first kappa shape index (κ1) is 16.7. The van der Waals surface area contributed by atoms with E-state index in [4.69, 9.17) is 4.74 Å². The Morgan fingerprint density at radius 1 is 1.19 bits per heavy atom. The van der Waals surface area contributed by atoms with Crippen LogP contribution < -0.4 is 10.1 Å². The van der Waals surface area contributed by atoms with E-state index in [0.29, 0.717) is 17.8 Å². The fraction of sp³-hybridized carbons (Fsp3) is 0.600. The van der Waals surface area contributed by atoms with Gasteiger partial charge >= 0.3 is 6.01 Å². The zero-order valence-corrected chi connectivity index (χ0v) is 15.9. The van der Waals surface area contributed by atoms with Gasteiger partial charge in [0.25, 0.3) is 0 Å². The van der Waals surface area contributed by atoms with E-state index in [0.717, 1.165) is 31.4 Å². The second-order valence-electron chi connectivity index (χ2n) is 8.54. The van der Waals surface area contributed by atoms with Gasteiger partial charge in [-0.2, -0.15) is 0 Å². The summed E-state index contributed by atoms with van der Waals surface area (Å²) in [5, 5.41) is 14.7. The molecule has 0 spiro atoms. The predicted molar refractivity (Wildman–Crippen MR) is 101 cm³/mol. The van der Waals surface area contributed by atoms with E-state index in [1.165, 1.54) is 29.0 Å². The number of thiophene rings is 1. The lowest BCUT2D eigenvalue weighted by atomic mass is 9.51. The summed E-state index contributed by atoms with van der Waals surface area (Å²) in [6.07, 6.45) is 10.4. The molecule has 2 aromatic heterocycles. The molecule has 4 fully saturated rings. The second kappa shape index (κ2) is 6.01. The van der Waals surface area contributed by atoms with Crippen molar-refractivity contribution >= 4 is 11.3 Å².